The number of hydrogen-bond acceptors (Lipinski definition) is 6. The number of ether oxygens (including phenoxy) is 2. The number of aromatic nitrogens is 1. The molecule has 0 saturated heterocycles. The van der Waals surface area contributed by atoms with Crippen LogP contribution in [0, 0.1) is 11.8 Å². The van der Waals surface area contributed by atoms with Crippen molar-refractivity contribution in [3.63, 3.8) is 0 Å². The van der Waals surface area contributed by atoms with Crippen LogP contribution in [0.15, 0.2) is 5.38 Å². The minimum absolute atomic E-state index is 0.197. The normalized spacial score (nSPS) is 21.2. The summed E-state index contributed by atoms with van der Waals surface area (Å²) in [6.45, 7) is 7.81. The lowest BCUT2D eigenvalue weighted by atomic mass is 10.0. The van der Waals surface area contributed by atoms with Gasteiger partial charge in [-0.15, -0.1) is 11.3 Å². The third kappa shape index (κ3) is 5.30. The minimum Gasteiger partial charge on any atom is -0.460 e. The molecule has 6 heteroatoms. The average Bonchev–Trinajstić information content (AvgIpc) is 3.12. The zero-order chi connectivity index (χ0) is 17.0. The van der Waals surface area contributed by atoms with Gasteiger partial charge in [0.15, 0.2) is 0 Å². The maximum absolute atomic E-state index is 12.1. The molecule has 1 aromatic rings. The fourth-order valence-corrected chi connectivity index (χ4v) is 3.36. The predicted octanol–water partition coefficient (Wildman–Crippen LogP) is 3.51. The van der Waals surface area contributed by atoms with E-state index in [1.54, 1.807) is 11.3 Å². The summed E-state index contributed by atoms with van der Waals surface area (Å²) in [5.74, 6) is -0.850. The Balaban J connectivity index is 1.79. The predicted molar refractivity (Wildman–Crippen MR) is 88.0 cm³/mol. The van der Waals surface area contributed by atoms with Gasteiger partial charge in [-0.05, 0) is 46.5 Å². The van der Waals surface area contributed by atoms with Crippen LogP contribution in [0.3, 0.4) is 0 Å². The number of aryl methyl sites for hydroxylation is 1. The van der Waals surface area contributed by atoms with Crippen molar-refractivity contribution in [3.05, 3.63) is 16.1 Å². The zero-order valence-electron chi connectivity index (χ0n) is 14.3. The SMILES string of the molecule is CCc1nc(COC(=O)[C@@H]2CC[C@H](C(=O)OC(C)(C)C)C2)cs1. The molecule has 1 heterocycles. The first-order valence-electron chi connectivity index (χ1n) is 8.11. The van der Waals surface area contributed by atoms with Crippen LogP contribution in [0.25, 0.3) is 0 Å². The van der Waals surface area contributed by atoms with Crippen molar-refractivity contribution in [1.29, 1.82) is 0 Å². The summed E-state index contributed by atoms with van der Waals surface area (Å²) < 4.78 is 10.7. The molecule has 0 unspecified atom stereocenters. The van der Waals surface area contributed by atoms with Crippen molar-refractivity contribution in [3.8, 4) is 0 Å². The van der Waals surface area contributed by atoms with E-state index < -0.39 is 5.60 Å². The van der Waals surface area contributed by atoms with Gasteiger partial charge in [0.25, 0.3) is 0 Å². The highest BCUT2D eigenvalue weighted by molar-refractivity contribution is 7.09. The molecule has 128 valence electrons. The van der Waals surface area contributed by atoms with E-state index in [-0.39, 0.29) is 30.4 Å². The van der Waals surface area contributed by atoms with Crippen LogP contribution >= 0.6 is 11.3 Å². The Hall–Kier alpha value is -1.43. The zero-order valence-corrected chi connectivity index (χ0v) is 15.1. The summed E-state index contributed by atoms with van der Waals surface area (Å²) >= 11 is 1.58. The number of thiazole rings is 1. The van der Waals surface area contributed by atoms with Gasteiger partial charge < -0.3 is 9.47 Å². The van der Waals surface area contributed by atoms with E-state index in [4.69, 9.17) is 9.47 Å². The third-order valence-electron chi connectivity index (χ3n) is 3.77. The van der Waals surface area contributed by atoms with Gasteiger partial charge in [-0.1, -0.05) is 6.92 Å². The first kappa shape index (κ1) is 17.9. The van der Waals surface area contributed by atoms with Crippen LogP contribution in [0.5, 0.6) is 0 Å². The smallest absolute Gasteiger partial charge is 0.309 e. The van der Waals surface area contributed by atoms with Crippen LogP contribution in [0.2, 0.25) is 0 Å². The maximum atomic E-state index is 12.1. The molecule has 1 aliphatic carbocycles. The Morgan fingerprint density at radius 2 is 1.91 bits per heavy atom. The fourth-order valence-electron chi connectivity index (χ4n) is 2.64. The molecule has 2 rings (SSSR count). The van der Waals surface area contributed by atoms with Gasteiger partial charge in [-0.3, -0.25) is 9.59 Å². The molecular formula is C17H25NO4S. The van der Waals surface area contributed by atoms with E-state index in [9.17, 15) is 9.59 Å². The van der Waals surface area contributed by atoms with Crippen LogP contribution in [-0.2, 0) is 32.1 Å². The molecule has 0 bridgehead atoms. The molecule has 1 aliphatic rings. The Bertz CT molecular complexity index is 561. The molecule has 23 heavy (non-hydrogen) atoms. The molecule has 2 atom stereocenters. The number of nitrogens with zero attached hydrogens (tertiary/aromatic N) is 1. The van der Waals surface area contributed by atoms with Crippen LogP contribution in [0.1, 0.15) is 57.7 Å². The van der Waals surface area contributed by atoms with E-state index in [2.05, 4.69) is 4.98 Å². The van der Waals surface area contributed by atoms with Crippen molar-refractivity contribution in [2.24, 2.45) is 11.8 Å². The van der Waals surface area contributed by atoms with Crippen molar-refractivity contribution < 1.29 is 19.1 Å². The average molecular weight is 339 g/mol. The number of hydrogen-bond donors (Lipinski definition) is 0. The number of carbonyl (C=O) groups excluding carboxylic acids is 2. The summed E-state index contributed by atoms with van der Waals surface area (Å²) in [4.78, 5) is 28.6. The Labute approximate surface area is 141 Å². The topological polar surface area (TPSA) is 65.5 Å². The molecule has 0 amide bonds. The maximum Gasteiger partial charge on any atom is 0.309 e. The Morgan fingerprint density at radius 3 is 2.48 bits per heavy atom. The molecule has 0 aliphatic heterocycles. The van der Waals surface area contributed by atoms with E-state index in [0.717, 1.165) is 17.1 Å². The van der Waals surface area contributed by atoms with Crippen LogP contribution in [0.4, 0.5) is 0 Å². The van der Waals surface area contributed by atoms with Crippen molar-refractivity contribution in [2.75, 3.05) is 0 Å². The molecular weight excluding hydrogens is 314 g/mol. The van der Waals surface area contributed by atoms with Gasteiger partial charge in [0, 0.05) is 5.38 Å². The number of carbonyl (C=O) groups is 2. The standard InChI is InChI=1S/C17H25NO4S/c1-5-14-18-13(10-23-14)9-21-15(19)11-6-7-12(8-11)16(20)22-17(2,3)4/h10-12H,5-9H2,1-4H3/t11-,12+/m1/s1. The fraction of sp³-hybridized carbons (Fsp3) is 0.706. The summed E-state index contributed by atoms with van der Waals surface area (Å²) in [7, 11) is 0. The summed E-state index contributed by atoms with van der Waals surface area (Å²) in [5, 5.41) is 2.96. The summed E-state index contributed by atoms with van der Waals surface area (Å²) in [6.07, 6.45) is 2.77. The monoisotopic (exact) mass is 339 g/mol. The molecule has 0 radical (unpaired) electrons. The molecule has 1 saturated carbocycles. The lowest BCUT2D eigenvalue weighted by molar-refractivity contribution is -0.160. The lowest BCUT2D eigenvalue weighted by Crippen LogP contribution is -2.28. The Morgan fingerprint density at radius 1 is 1.26 bits per heavy atom. The van der Waals surface area contributed by atoms with E-state index in [0.29, 0.717) is 19.3 Å². The van der Waals surface area contributed by atoms with Crippen molar-refractivity contribution in [2.45, 2.75) is 65.6 Å². The molecule has 5 nitrogen and oxygen atoms in total. The number of esters is 2. The largest absolute Gasteiger partial charge is 0.460 e. The van der Waals surface area contributed by atoms with Gasteiger partial charge >= 0.3 is 11.9 Å². The molecule has 0 aromatic carbocycles. The molecule has 0 spiro atoms. The Kier molecular flexibility index (Phi) is 5.79. The van der Waals surface area contributed by atoms with E-state index >= 15 is 0 Å². The van der Waals surface area contributed by atoms with Crippen molar-refractivity contribution >= 4 is 23.3 Å². The highest BCUT2D eigenvalue weighted by Gasteiger charge is 2.37. The summed E-state index contributed by atoms with van der Waals surface area (Å²) in [5.41, 5.74) is 0.305. The second-order valence-corrected chi connectivity index (χ2v) is 7.88. The first-order chi connectivity index (χ1) is 10.8. The van der Waals surface area contributed by atoms with Gasteiger partial charge in [0.1, 0.15) is 12.2 Å². The minimum atomic E-state index is -0.489. The quantitative estimate of drug-likeness (QED) is 0.768. The third-order valence-corrected chi connectivity index (χ3v) is 4.81. The van der Waals surface area contributed by atoms with Gasteiger partial charge in [0.05, 0.1) is 22.5 Å². The highest BCUT2D eigenvalue weighted by atomic mass is 32.1. The molecule has 1 aromatic heterocycles. The van der Waals surface area contributed by atoms with Crippen LogP contribution < -0.4 is 0 Å². The highest BCUT2D eigenvalue weighted by Crippen LogP contribution is 2.33. The number of rotatable bonds is 5. The second-order valence-electron chi connectivity index (χ2n) is 6.93. The van der Waals surface area contributed by atoms with Crippen molar-refractivity contribution in [1.82, 2.24) is 4.98 Å². The lowest BCUT2D eigenvalue weighted by Gasteiger charge is -2.22. The van der Waals surface area contributed by atoms with E-state index in [1.165, 1.54) is 0 Å². The summed E-state index contributed by atoms with van der Waals surface area (Å²) in [6, 6.07) is 0. The van der Waals surface area contributed by atoms with Gasteiger partial charge in [-0.2, -0.15) is 0 Å². The first-order valence-corrected chi connectivity index (χ1v) is 8.99. The van der Waals surface area contributed by atoms with Gasteiger partial charge in [0.2, 0.25) is 0 Å². The molecule has 1 fully saturated rings. The van der Waals surface area contributed by atoms with E-state index in [1.807, 2.05) is 33.1 Å². The molecule has 0 N–H and O–H groups in total. The second kappa shape index (κ2) is 7.43. The van der Waals surface area contributed by atoms with Crippen LogP contribution in [-0.4, -0.2) is 22.5 Å². The van der Waals surface area contributed by atoms with Gasteiger partial charge in [-0.25, -0.2) is 4.98 Å².